The molecule has 1 aromatic rings. The van der Waals surface area contributed by atoms with Gasteiger partial charge >= 0.3 is 0 Å². The van der Waals surface area contributed by atoms with Crippen LogP contribution in [0.25, 0.3) is 0 Å². The number of anilines is 1. The van der Waals surface area contributed by atoms with Gasteiger partial charge < -0.3 is 10.6 Å². The van der Waals surface area contributed by atoms with E-state index in [1.165, 1.54) is 11.3 Å². The predicted octanol–water partition coefficient (Wildman–Crippen LogP) is 1.79. The van der Waals surface area contributed by atoms with Crippen LogP contribution in [0.1, 0.15) is 33.3 Å². The van der Waals surface area contributed by atoms with E-state index in [0.29, 0.717) is 17.1 Å². The van der Waals surface area contributed by atoms with Gasteiger partial charge in [-0.1, -0.05) is 6.92 Å². The molecule has 0 unspecified atom stereocenters. The standard InChI is InChI=1S/C15H22N4O2S/c1-5-19(10-13(21)18-15(2,3)4)9-12(20)17-14-11(8-16)6-7-22-14/h6-7H,5,9-10H2,1-4H3,(H,17,20)(H,18,21). The Morgan fingerprint density at radius 2 is 1.95 bits per heavy atom. The smallest absolute Gasteiger partial charge is 0.239 e. The molecule has 1 rings (SSSR count). The van der Waals surface area contributed by atoms with Crippen molar-refractivity contribution in [2.24, 2.45) is 0 Å². The van der Waals surface area contributed by atoms with E-state index in [1.54, 1.807) is 16.3 Å². The molecule has 7 heteroatoms. The minimum atomic E-state index is -0.294. The molecule has 0 aliphatic carbocycles. The average molecular weight is 322 g/mol. The summed E-state index contributed by atoms with van der Waals surface area (Å²) >= 11 is 1.31. The van der Waals surface area contributed by atoms with Gasteiger partial charge in [0.1, 0.15) is 11.1 Å². The van der Waals surface area contributed by atoms with E-state index in [9.17, 15) is 9.59 Å². The van der Waals surface area contributed by atoms with Crippen LogP contribution in [0.4, 0.5) is 5.00 Å². The normalized spacial score (nSPS) is 11.1. The Hall–Kier alpha value is -1.91. The number of nitrogens with one attached hydrogen (secondary N) is 2. The Morgan fingerprint density at radius 3 is 2.50 bits per heavy atom. The van der Waals surface area contributed by atoms with E-state index in [1.807, 2.05) is 33.8 Å². The van der Waals surface area contributed by atoms with Crippen molar-refractivity contribution in [3.8, 4) is 6.07 Å². The number of hydrogen-bond acceptors (Lipinski definition) is 5. The molecule has 0 saturated carbocycles. The number of carbonyl (C=O) groups excluding carboxylic acids is 2. The molecular weight excluding hydrogens is 300 g/mol. The summed E-state index contributed by atoms with van der Waals surface area (Å²) in [4.78, 5) is 25.7. The first-order chi connectivity index (χ1) is 10.2. The fourth-order valence-corrected chi connectivity index (χ4v) is 2.56. The van der Waals surface area contributed by atoms with Crippen molar-refractivity contribution in [1.82, 2.24) is 10.2 Å². The van der Waals surface area contributed by atoms with Gasteiger partial charge in [0.05, 0.1) is 18.7 Å². The van der Waals surface area contributed by atoms with Crippen molar-refractivity contribution in [3.63, 3.8) is 0 Å². The maximum Gasteiger partial charge on any atom is 0.239 e. The molecule has 0 atom stereocenters. The second kappa shape index (κ2) is 7.92. The van der Waals surface area contributed by atoms with Crippen molar-refractivity contribution in [1.29, 1.82) is 5.26 Å². The van der Waals surface area contributed by atoms with E-state index in [0.717, 1.165) is 0 Å². The van der Waals surface area contributed by atoms with Gasteiger partial charge in [-0.3, -0.25) is 14.5 Å². The first-order valence-electron chi connectivity index (χ1n) is 7.06. The quantitative estimate of drug-likeness (QED) is 0.836. The molecule has 22 heavy (non-hydrogen) atoms. The van der Waals surface area contributed by atoms with E-state index in [4.69, 9.17) is 5.26 Å². The minimum Gasteiger partial charge on any atom is -0.350 e. The average Bonchev–Trinajstić information content (AvgIpc) is 2.82. The molecule has 2 N–H and O–H groups in total. The fourth-order valence-electron chi connectivity index (χ4n) is 1.80. The number of rotatable bonds is 6. The van der Waals surface area contributed by atoms with Gasteiger partial charge in [0.15, 0.2) is 0 Å². The SMILES string of the molecule is CCN(CC(=O)Nc1sccc1C#N)CC(=O)NC(C)(C)C. The topological polar surface area (TPSA) is 85.2 Å². The fraction of sp³-hybridized carbons (Fsp3) is 0.533. The third-order valence-corrected chi connectivity index (χ3v) is 3.56. The summed E-state index contributed by atoms with van der Waals surface area (Å²) in [6.07, 6.45) is 0. The molecule has 0 radical (unpaired) electrons. The van der Waals surface area contributed by atoms with Crippen molar-refractivity contribution in [2.45, 2.75) is 33.2 Å². The van der Waals surface area contributed by atoms with Crippen molar-refractivity contribution >= 4 is 28.2 Å². The second-order valence-electron chi connectivity index (χ2n) is 5.92. The van der Waals surface area contributed by atoms with Gasteiger partial charge in [0.25, 0.3) is 0 Å². The Kier molecular flexibility index (Phi) is 6.53. The van der Waals surface area contributed by atoms with Gasteiger partial charge in [0, 0.05) is 5.54 Å². The molecule has 0 aliphatic heterocycles. The zero-order chi connectivity index (χ0) is 16.8. The van der Waals surface area contributed by atoms with E-state index in [2.05, 4.69) is 10.6 Å². The lowest BCUT2D eigenvalue weighted by Crippen LogP contribution is -2.47. The minimum absolute atomic E-state index is 0.108. The number of amides is 2. The highest BCUT2D eigenvalue weighted by atomic mass is 32.1. The van der Waals surface area contributed by atoms with Crippen LogP contribution in [0.5, 0.6) is 0 Å². The summed E-state index contributed by atoms with van der Waals surface area (Å²) in [5.74, 6) is -0.347. The van der Waals surface area contributed by atoms with E-state index < -0.39 is 0 Å². The zero-order valence-electron chi connectivity index (χ0n) is 13.4. The van der Waals surface area contributed by atoms with Crippen molar-refractivity contribution in [2.75, 3.05) is 25.0 Å². The first kappa shape index (κ1) is 18.1. The second-order valence-corrected chi connectivity index (χ2v) is 6.84. The molecule has 2 amide bonds. The maximum absolute atomic E-state index is 12.0. The van der Waals surface area contributed by atoms with Gasteiger partial charge in [-0.15, -0.1) is 11.3 Å². The monoisotopic (exact) mass is 322 g/mol. The molecule has 0 bridgehead atoms. The van der Waals surface area contributed by atoms with Crippen LogP contribution in [0.2, 0.25) is 0 Å². The molecule has 0 aliphatic rings. The number of hydrogen-bond donors (Lipinski definition) is 2. The third-order valence-electron chi connectivity index (χ3n) is 2.73. The van der Waals surface area contributed by atoms with Crippen LogP contribution < -0.4 is 10.6 Å². The van der Waals surface area contributed by atoms with Crippen LogP contribution in [0.15, 0.2) is 11.4 Å². The first-order valence-corrected chi connectivity index (χ1v) is 7.94. The lowest BCUT2D eigenvalue weighted by molar-refractivity contribution is -0.124. The van der Waals surface area contributed by atoms with E-state index in [-0.39, 0.29) is 30.4 Å². The summed E-state index contributed by atoms with van der Waals surface area (Å²) in [6.45, 7) is 8.48. The molecule has 0 saturated heterocycles. The summed E-state index contributed by atoms with van der Waals surface area (Å²) in [5.41, 5.74) is 0.157. The van der Waals surface area contributed by atoms with Crippen molar-refractivity contribution in [3.05, 3.63) is 17.0 Å². The number of thiophene rings is 1. The number of nitriles is 1. The number of carbonyl (C=O) groups is 2. The molecule has 6 nitrogen and oxygen atoms in total. The summed E-state index contributed by atoms with van der Waals surface area (Å²) in [7, 11) is 0. The Morgan fingerprint density at radius 1 is 1.32 bits per heavy atom. The maximum atomic E-state index is 12.0. The van der Waals surface area contributed by atoms with Gasteiger partial charge in [-0.25, -0.2) is 0 Å². The largest absolute Gasteiger partial charge is 0.350 e. The van der Waals surface area contributed by atoms with Crippen LogP contribution in [-0.2, 0) is 9.59 Å². The Balaban J connectivity index is 2.54. The predicted molar refractivity (Wildman–Crippen MR) is 87.7 cm³/mol. The van der Waals surface area contributed by atoms with E-state index >= 15 is 0 Å². The highest BCUT2D eigenvalue weighted by molar-refractivity contribution is 7.14. The molecule has 0 fully saturated rings. The summed E-state index contributed by atoms with van der Waals surface area (Å²) in [6, 6.07) is 3.69. The Labute approximate surface area is 135 Å². The van der Waals surface area contributed by atoms with Crippen LogP contribution in [0, 0.1) is 11.3 Å². The van der Waals surface area contributed by atoms with Gasteiger partial charge in [0.2, 0.25) is 11.8 Å². The van der Waals surface area contributed by atoms with Crippen LogP contribution >= 0.6 is 11.3 Å². The summed E-state index contributed by atoms with van der Waals surface area (Å²) in [5, 5.41) is 16.8. The summed E-state index contributed by atoms with van der Waals surface area (Å²) < 4.78 is 0. The molecule has 1 aromatic heterocycles. The Bertz CT molecular complexity index is 569. The molecule has 1 heterocycles. The molecule has 0 spiro atoms. The lowest BCUT2D eigenvalue weighted by Gasteiger charge is -2.24. The van der Waals surface area contributed by atoms with Gasteiger partial charge in [-0.2, -0.15) is 5.26 Å². The van der Waals surface area contributed by atoms with Crippen LogP contribution in [0.3, 0.4) is 0 Å². The molecule has 120 valence electrons. The third kappa shape index (κ3) is 6.24. The van der Waals surface area contributed by atoms with Crippen molar-refractivity contribution < 1.29 is 9.59 Å². The number of nitrogens with zero attached hydrogens (tertiary/aromatic N) is 2. The lowest BCUT2D eigenvalue weighted by atomic mass is 10.1. The highest BCUT2D eigenvalue weighted by Gasteiger charge is 2.18. The van der Waals surface area contributed by atoms with Crippen LogP contribution in [-0.4, -0.2) is 41.9 Å². The van der Waals surface area contributed by atoms with Gasteiger partial charge in [-0.05, 0) is 38.8 Å². The zero-order valence-corrected chi connectivity index (χ0v) is 14.2. The molecular formula is C15H22N4O2S. The number of likely N-dealkylation sites (N-methyl/N-ethyl adjacent to an activating group) is 1. The molecule has 0 aromatic carbocycles. The highest BCUT2D eigenvalue weighted by Crippen LogP contribution is 2.21.